The molecule has 0 radical (unpaired) electrons. The quantitative estimate of drug-likeness (QED) is 0.726. The maximum atomic E-state index is 9.96. The second-order valence-electron chi connectivity index (χ2n) is 3.66. The van der Waals surface area contributed by atoms with E-state index in [0.717, 1.165) is 0 Å². The smallest absolute Gasteiger partial charge is 0.151 e. The van der Waals surface area contributed by atoms with Crippen molar-refractivity contribution in [1.29, 1.82) is 0 Å². The first kappa shape index (κ1) is 10.9. The molecule has 88 valence electrons. The Morgan fingerprint density at radius 1 is 0.944 bits per heavy atom. The van der Waals surface area contributed by atoms with Crippen molar-refractivity contribution in [3.63, 3.8) is 0 Å². The highest BCUT2D eigenvalue weighted by Gasteiger charge is 2.09. The second-order valence-corrected chi connectivity index (χ2v) is 4.04. The minimum absolute atomic E-state index is 0.0830. The van der Waals surface area contributed by atoms with Crippen molar-refractivity contribution in [3.05, 3.63) is 41.8 Å². The van der Waals surface area contributed by atoms with Crippen LogP contribution in [0.25, 0.3) is 22.3 Å². The van der Waals surface area contributed by atoms with E-state index in [0.29, 0.717) is 27.4 Å². The van der Waals surface area contributed by atoms with Gasteiger partial charge in [-0.25, -0.2) is 0 Å². The summed E-state index contributed by atoms with van der Waals surface area (Å²) in [5.74, 6) is 0.0830. The molecule has 1 aromatic carbocycles. The van der Waals surface area contributed by atoms with E-state index in [9.17, 15) is 5.11 Å². The third kappa shape index (κ3) is 1.84. The zero-order valence-electron chi connectivity index (χ0n) is 9.08. The van der Waals surface area contributed by atoms with Crippen LogP contribution in [0.15, 0.2) is 36.7 Å². The molecule has 0 aliphatic heterocycles. The van der Waals surface area contributed by atoms with Gasteiger partial charge in [-0.05, 0) is 18.2 Å². The number of phenolic OH excluding ortho intramolecular Hbond substituents is 1. The van der Waals surface area contributed by atoms with Crippen LogP contribution in [0.4, 0.5) is 0 Å². The summed E-state index contributed by atoms with van der Waals surface area (Å²) >= 11 is 5.68. The fourth-order valence-electron chi connectivity index (χ4n) is 1.66. The third-order valence-corrected chi connectivity index (χ3v) is 2.70. The maximum Gasteiger partial charge on any atom is 0.151 e. The normalized spacial score (nSPS) is 10.7. The zero-order chi connectivity index (χ0) is 12.5. The van der Waals surface area contributed by atoms with Crippen molar-refractivity contribution >= 4 is 22.6 Å². The van der Waals surface area contributed by atoms with Gasteiger partial charge in [-0.15, -0.1) is 10.2 Å². The standard InChI is InChI=1S/C12H7ClN4O/c13-12-2-1-8(16-17-12)7-5-9-10(6-11(7)18)15-4-3-14-9/h1-6,18H. The number of aromatic nitrogens is 4. The zero-order valence-corrected chi connectivity index (χ0v) is 9.83. The largest absolute Gasteiger partial charge is 0.507 e. The van der Waals surface area contributed by atoms with E-state index in [1.165, 1.54) is 0 Å². The number of nitrogens with zero attached hydrogens (tertiary/aromatic N) is 4. The molecular weight excluding hydrogens is 252 g/mol. The third-order valence-electron chi connectivity index (χ3n) is 2.49. The Morgan fingerprint density at radius 3 is 2.33 bits per heavy atom. The second kappa shape index (κ2) is 4.19. The summed E-state index contributed by atoms with van der Waals surface area (Å²) in [6.45, 7) is 0. The molecule has 6 heteroatoms. The van der Waals surface area contributed by atoms with Crippen molar-refractivity contribution in [3.8, 4) is 17.0 Å². The predicted molar refractivity (Wildman–Crippen MR) is 67.2 cm³/mol. The van der Waals surface area contributed by atoms with E-state index in [4.69, 9.17) is 11.6 Å². The Hall–Kier alpha value is -2.27. The lowest BCUT2D eigenvalue weighted by Gasteiger charge is -2.04. The maximum absolute atomic E-state index is 9.96. The highest BCUT2D eigenvalue weighted by Crippen LogP contribution is 2.30. The number of hydrogen-bond donors (Lipinski definition) is 1. The Labute approximate surface area is 107 Å². The molecule has 2 heterocycles. The van der Waals surface area contributed by atoms with Gasteiger partial charge in [0.1, 0.15) is 5.75 Å². The molecule has 0 atom stereocenters. The van der Waals surface area contributed by atoms with Crippen LogP contribution in [0.5, 0.6) is 5.75 Å². The molecule has 0 unspecified atom stereocenters. The summed E-state index contributed by atoms with van der Waals surface area (Å²) in [5.41, 5.74) is 2.39. The molecule has 0 aliphatic carbocycles. The van der Waals surface area contributed by atoms with Crippen LogP contribution in [-0.4, -0.2) is 25.3 Å². The van der Waals surface area contributed by atoms with Crippen LogP contribution < -0.4 is 0 Å². The van der Waals surface area contributed by atoms with Crippen molar-refractivity contribution in [2.75, 3.05) is 0 Å². The van der Waals surface area contributed by atoms with E-state index < -0.39 is 0 Å². The number of phenols is 1. The molecule has 18 heavy (non-hydrogen) atoms. The number of benzene rings is 1. The predicted octanol–water partition coefficient (Wildman–Crippen LogP) is 2.45. The van der Waals surface area contributed by atoms with Crippen molar-refractivity contribution in [2.45, 2.75) is 0 Å². The Kier molecular flexibility index (Phi) is 2.53. The number of hydrogen-bond acceptors (Lipinski definition) is 5. The summed E-state index contributed by atoms with van der Waals surface area (Å²) in [6.07, 6.45) is 3.17. The summed E-state index contributed by atoms with van der Waals surface area (Å²) in [5, 5.41) is 17.9. The van der Waals surface area contributed by atoms with E-state index in [1.54, 1.807) is 36.7 Å². The van der Waals surface area contributed by atoms with Gasteiger partial charge in [0.05, 0.1) is 16.7 Å². The van der Waals surface area contributed by atoms with Crippen molar-refractivity contribution in [2.24, 2.45) is 0 Å². The molecule has 0 spiro atoms. The van der Waals surface area contributed by atoms with E-state index in [2.05, 4.69) is 20.2 Å². The van der Waals surface area contributed by atoms with Crippen LogP contribution in [-0.2, 0) is 0 Å². The molecule has 0 bridgehead atoms. The van der Waals surface area contributed by atoms with Gasteiger partial charge in [0, 0.05) is 24.0 Å². The summed E-state index contributed by atoms with van der Waals surface area (Å²) < 4.78 is 0. The molecule has 0 saturated heterocycles. The first-order valence-electron chi connectivity index (χ1n) is 5.17. The molecule has 1 N–H and O–H groups in total. The highest BCUT2D eigenvalue weighted by atomic mass is 35.5. The van der Waals surface area contributed by atoms with Gasteiger partial charge in [0.15, 0.2) is 5.15 Å². The van der Waals surface area contributed by atoms with Crippen LogP contribution in [0.3, 0.4) is 0 Å². The average molecular weight is 259 g/mol. The molecule has 0 fully saturated rings. The van der Waals surface area contributed by atoms with Crippen molar-refractivity contribution < 1.29 is 5.11 Å². The van der Waals surface area contributed by atoms with E-state index in [1.807, 2.05) is 0 Å². The lowest BCUT2D eigenvalue weighted by Crippen LogP contribution is -1.90. The fourth-order valence-corrected chi connectivity index (χ4v) is 1.77. The molecule has 0 aliphatic rings. The number of aromatic hydroxyl groups is 1. The lowest BCUT2D eigenvalue weighted by molar-refractivity contribution is 0.477. The van der Waals surface area contributed by atoms with Gasteiger partial charge < -0.3 is 5.11 Å². The van der Waals surface area contributed by atoms with Crippen LogP contribution in [0, 0.1) is 0 Å². The number of halogens is 1. The van der Waals surface area contributed by atoms with Gasteiger partial charge in [-0.3, -0.25) is 9.97 Å². The Bertz CT molecular complexity index is 715. The molecular formula is C12H7ClN4O. The Morgan fingerprint density at radius 2 is 1.67 bits per heavy atom. The fraction of sp³-hybridized carbons (Fsp3) is 0. The van der Waals surface area contributed by atoms with Crippen LogP contribution >= 0.6 is 11.6 Å². The highest BCUT2D eigenvalue weighted by molar-refractivity contribution is 6.29. The SMILES string of the molecule is Oc1cc2nccnc2cc1-c1ccc(Cl)nn1. The first-order chi connectivity index (χ1) is 8.74. The number of rotatable bonds is 1. The van der Waals surface area contributed by atoms with E-state index in [-0.39, 0.29) is 5.75 Å². The first-order valence-corrected chi connectivity index (χ1v) is 5.55. The van der Waals surface area contributed by atoms with Crippen LogP contribution in [0.1, 0.15) is 0 Å². The summed E-state index contributed by atoms with van der Waals surface area (Å²) in [4.78, 5) is 8.29. The number of fused-ring (bicyclic) bond motifs is 1. The van der Waals surface area contributed by atoms with Gasteiger partial charge in [-0.1, -0.05) is 11.6 Å². The van der Waals surface area contributed by atoms with Crippen molar-refractivity contribution in [1.82, 2.24) is 20.2 Å². The molecule has 5 nitrogen and oxygen atoms in total. The van der Waals surface area contributed by atoms with Gasteiger partial charge in [0.2, 0.25) is 0 Å². The average Bonchev–Trinajstić information content (AvgIpc) is 2.39. The van der Waals surface area contributed by atoms with Gasteiger partial charge >= 0.3 is 0 Å². The molecule has 0 amide bonds. The summed E-state index contributed by atoms with van der Waals surface area (Å²) in [6, 6.07) is 6.57. The molecule has 3 rings (SSSR count). The van der Waals surface area contributed by atoms with E-state index >= 15 is 0 Å². The molecule has 3 aromatic rings. The molecule has 0 saturated carbocycles. The van der Waals surface area contributed by atoms with Gasteiger partial charge in [-0.2, -0.15) is 0 Å². The minimum atomic E-state index is 0.0830. The monoisotopic (exact) mass is 258 g/mol. The minimum Gasteiger partial charge on any atom is -0.507 e. The summed E-state index contributed by atoms with van der Waals surface area (Å²) in [7, 11) is 0. The van der Waals surface area contributed by atoms with Gasteiger partial charge in [0.25, 0.3) is 0 Å². The molecule has 2 aromatic heterocycles. The topological polar surface area (TPSA) is 71.8 Å². The lowest BCUT2D eigenvalue weighted by atomic mass is 10.1. The van der Waals surface area contributed by atoms with Crippen LogP contribution in [0.2, 0.25) is 5.15 Å². The Balaban J connectivity index is 2.22.